The molecule has 0 fully saturated rings. The highest BCUT2D eigenvalue weighted by molar-refractivity contribution is 9.10. The lowest BCUT2D eigenvalue weighted by Crippen LogP contribution is -2.23. The van der Waals surface area contributed by atoms with Crippen LogP contribution in [-0.2, 0) is 11.3 Å². The summed E-state index contributed by atoms with van der Waals surface area (Å²) in [5.74, 6) is 0.955. The standard InChI is InChI=1S/C21H31BrN2OS/c1-2-3-4-5-6-7-8-15-25-20(16-24-14-13-23-18-24)17-26-21-11-9-19(22)10-12-21/h9-14,18,20H,2-8,15-17H2,1H3. The summed E-state index contributed by atoms with van der Waals surface area (Å²) < 4.78 is 9.44. The number of unbranched alkanes of at least 4 members (excludes halogenated alkanes) is 6. The summed E-state index contributed by atoms with van der Waals surface area (Å²) in [7, 11) is 0. The molecule has 26 heavy (non-hydrogen) atoms. The number of benzene rings is 1. The molecule has 144 valence electrons. The quantitative estimate of drug-likeness (QED) is 0.246. The molecule has 1 aromatic heterocycles. The molecule has 2 rings (SSSR count). The van der Waals surface area contributed by atoms with E-state index in [4.69, 9.17) is 4.74 Å². The van der Waals surface area contributed by atoms with Crippen LogP contribution in [0.5, 0.6) is 0 Å². The SMILES string of the molecule is CCCCCCCCCOC(CSc1ccc(Br)cc1)Cn1ccnc1. The van der Waals surface area contributed by atoms with Crippen LogP contribution in [0, 0.1) is 0 Å². The van der Waals surface area contributed by atoms with Crippen LogP contribution in [0.1, 0.15) is 51.9 Å². The minimum atomic E-state index is 0.206. The molecule has 1 unspecified atom stereocenters. The van der Waals surface area contributed by atoms with E-state index in [2.05, 4.69) is 56.7 Å². The third kappa shape index (κ3) is 9.24. The molecule has 1 heterocycles. The highest BCUT2D eigenvalue weighted by Crippen LogP contribution is 2.22. The fourth-order valence-corrected chi connectivity index (χ4v) is 3.99. The smallest absolute Gasteiger partial charge is 0.0946 e. The zero-order valence-corrected chi connectivity index (χ0v) is 18.2. The Morgan fingerprint density at radius 3 is 2.50 bits per heavy atom. The second-order valence-corrected chi connectivity index (χ2v) is 8.65. The summed E-state index contributed by atoms with van der Waals surface area (Å²) in [4.78, 5) is 5.42. The van der Waals surface area contributed by atoms with Crippen molar-refractivity contribution in [2.75, 3.05) is 12.4 Å². The lowest BCUT2D eigenvalue weighted by Gasteiger charge is -2.18. The predicted molar refractivity (Wildman–Crippen MR) is 115 cm³/mol. The molecule has 3 nitrogen and oxygen atoms in total. The van der Waals surface area contributed by atoms with Crippen LogP contribution in [0.3, 0.4) is 0 Å². The van der Waals surface area contributed by atoms with Crippen molar-refractivity contribution in [2.45, 2.75) is 69.4 Å². The third-order valence-electron chi connectivity index (χ3n) is 4.32. The predicted octanol–water partition coefficient (Wildman–Crippen LogP) is 6.57. The Kier molecular flexibility index (Phi) is 11.1. The molecule has 0 amide bonds. The monoisotopic (exact) mass is 438 g/mol. The topological polar surface area (TPSA) is 27.1 Å². The van der Waals surface area contributed by atoms with Gasteiger partial charge >= 0.3 is 0 Å². The molecule has 0 saturated heterocycles. The van der Waals surface area contributed by atoms with E-state index in [0.717, 1.165) is 29.8 Å². The van der Waals surface area contributed by atoms with E-state index >= 15 is 0 Å². The van der Waals surface area contributed by atoms with Gasteiger partial charge in [0.2, 0.25) is 0 Å². The molecule has 0 saturated carbocycles. The first-order valence-corrected chi connectivity index (χ1v) is 11.5. The first-order valence-electron chi connectivity index (χ1n) is 9.73. The number of aromatic nitrogens is 2. The molecule has 0 N–H and O–H groups in total. The van der Waals surface area contributed by atoms with Gasteiger partial charge in [0.05, 0.1) is 19.0 Å². The van der Waals surface area contributed by atoms with Crippen LogP contribution < -0.4 is 0 Å². The van der Waals surface area contributed by atoms with Crippen LogP contribution >= 0.6 is 27.7 Å². The first-order chi connectivity index (χ1) is 12.8. The van der Waals surface area contributed by atoms with E-state index in [0.29, 0.717) is 0 Å². The third-order valence-corrected chi connectivity index (χ3v) is 6.00. The van der Waals surface area contributed by atoms with Crippen molar-refractivity contribution < 1.29 is 4.74 Å². The minimum Gasteiger partial charge on any atom is -0.375 e. The lowest BCUT2D eigenvalue weighted by molar-refractivity contribution is 0.0548. The minimum absolute atomic E-state index is 0.206. The van der Waals surface area contributed by atoms with Gasteiger partial charge in [-0.05, 0) is 30.7 Å². The van der Waals surface area contributed by atoms with E-state index < -0.39 is 0 Å². The maximum absolute atomic E-state index is 6.21. The van der Waals surface area contributed by atoms with Crippen LogP contribution in [0.15, 0.2) is 52.4 Å². The van der Waals surface area contributed by atoms with Gasteiger partial charge in [-0.3, -0.25) is 0 Å². The Morgan fingerprint density at radius 1 is 1.08 bits per heavy atom. The average molecular weight is 439 g/mol. The van der Waals surface area contributed by atoms with Crippen LogP contribution in [0.25, 0.3) is 0 Å². The second kappa shape index (κ2) is 13.4. The Balaban J connectivity index is 1.70. The number of halogens is 1. The summed E-state index contributed by atoms with van der Waals surface area (Å²) in [6.07, 6.45) is 15.1. The molecule has 0 radical (unpaired) electrons. The Bertz CT molecular complexity index is 574. The van der Waals surface area contributed by atoms with E-state index in [1.165, 1.54) is 43.4 Å². The molecular weight excluding hydrogens is 408 g/mol. The number of imidazole rings is 1. The van der Waals surface area contributed by atoms with Gasteiger partial charge in [0.15, 0.2) is 0 Å². The largest absolute Gasteiger partial charge is 0.375 e. The molecule has 0 spiro atoms. The number of thioether (sulfide) groups is 1. The summed E-state index contributed by atoms with van der Waals surface area (Å²) in [5, 5.41) is 0. The van der Waals surface area contributed by atoms with Crippen LogP contribution in [0.4, 0.5) is 0 Å². The van der Waals surface area contributed by atoms with Crippen molar-refractivity contribution in [1.29, 1.82) is 0 Å². The summed E-state index contributed by atoms with van der Waals surface area (Å²) in [6, 6.07) is 8.48. The van der Waals surface area contributed by atoms with Gasteiger partial charge in [0, 0.05) is 34.1 Å². The molecular formula is C21H31BrN2OS. The van der Waals surface area contributed by atoms with Gasteiger partial charge < -0.3 is 9.30 Å². The molecule has 1 aromatic carbocycles. The van der Waals surface area contributed by atoms with Gasteiger partial charge in [-0.25, -0.2) is 4.98 Å². The maximum atomic E-state index is 6.21. The van der Waals surface area contributed by atoms with Crippen LogP contribution in [-0.4, -0.2) is 28.0 Å². The van der Waals surface area contributed by atoms with Crippen molar-refractivity contribution in [2.24, 2.45) is 0 Å². The number of rotatable bonds is 14. The highest BCUT2D eigenvalue weighted by atomic mass is 79.9. The summed E-state index contributed by atoms with van der Waals surface area (Å²) >= 11 is 5.35. The maximum Gasteiger partial charge on any atom is 0.0946 e. The molecule has 1 atom stereocenters. The average Bonchev–Trinajstić information content (AvgIpc) is 3.16. The zero-order valence-electron chi connectivity index (χ0n) is 15.8. The van der Waals surface area contributed by atoms with Crippen molar-refractivity contribution in [3.8, 4) is 0 Å². The van der Waals surface area contributed by atoms with Gasteiger partial charge in [0.25, 0.3) is 0 Å². The van der Waals surface area contributed by atoms with Crippen molar-refractivity contribution >= 4 is 27.7 Å². The number of hydrogen-bond donors (Lipinski definition) is 0. The van der Waals surface area contributed by atoms with Crippen molar-refractivity contribution in [1.82, 2.24) is 9.55 Å². The van der Waals surface area contributed by atoms with Crippen molar-refractivity contribution in [3.63, 3.8) is 0 Å². The summed E-state index contributed by atoms with van der Waals surface area (Å²) in [5.41, 5.74) is 0. The van der Waals surface area contributed by atoms with E-state index in [1.54, 1.807) is 0 Å². The Labute approximate surface area is 171 Å². The highest BCUT2D eigenvalue weighted by Gasteiger charge is 2.11. The molecule has 5 heteroatoms. The number of nitrogens with zero attached hydrogens (tertiary/aromatic N) is 2. The molecule has 2 aromatic rings. The fraction of sp³-hybridized carbons (Fsp3) is 0.571. The van der Waals surface area contributed by atoms with Gasteiger partial charge in [-0.2, -0.15) is 0 Å². The zero-order chi connectivity index (χ0) is 18.5. The summed E-state index contributed by atoms with van der Waals surface area (Å²) in [6.45, 7) is 3.98. The molecule has 0 bridgehead atoms. The Hall–Kier alpha value is -0.780. The Morgan fingerprint density at radius 2 is 1.81 bits per heavy atom. The van der Waals surface area contributed by atoms with E-state index in [-0.39, 0.29) is 6.10 Å². The van der Waals surface area contributed by atoms with Gasteiger partial charge in [0.1, 0.15) is 0 Å². The molecule has 0 aliphatic carbocycles. The van der Waals surface area contributed by atoms with E-state index in [1.807, 2.05) is 30.5 Å². The second-order valence-electron chi connectivity index (χ2n) is 6.64. The van der Waals surface area contributed by atoms with Gasteiger partial charge in [-0.1, -0.05) is 61.4 Å². The normalized spacial score (nSPS) is 12.4. The first kappa shape index (κ1) is 21.5. The van der Waals surface area contributed by atoms with E-state index in [9.17, 15) is 0 Å². The number of ether oxygens (including phenoxy) is 1. The lowest BCUT2D eigenvalue weighted by atomic mass is 10.1. The van der Waals surface area contributed by atoms with Gasteiger partial charge in [-0.15, -0.1) is 11.8 Å². The molecule has 0 aliphatic rings. The van der Waals surface area contributed by atoms with Crippen molar-refractivity contribution in [3.05, 3.63) is 47.5 Å². The molecule has 0 aliphatic heterocycles. The van der Waals surface area contributed by atoms with Crippen LogP contribution in [0.2, 0.25) is 0 Å². The number of hydrogen-bond acceptors (Lipinski definition) is 3. The fourth-order valence-electron chi connectivity index (χ4n) is 2.81.